The quantitative estimate of drug-likeness (QED) is 0.413. The van der Waals surface area contributed by atoms with Gasteiger partial charge in [-0.3, -0.25) is 4.90 Å². The van der Waals surface area contributed by atoms with Crippen LogP contribution in [0, 0.1) is 34.4 Å². The number of allylic oxidation sites excluding steroid dienone is 3. The van der Waals surface area contributed by atoms with E-state index in [-0.39, 0.29) is 23.4 Å². The molecule has 1 aliphatic heterocycles. The first kappa shape index (κ1) is 26.0. The van der Waals surface area contributed by atoms with Crippen LogP contribution in [0.5, 0.6) is 5.75 Å². The fraction of sp³-hybridized carbons (Fsp3) is 0.556. The van der Waals surface area contributed by atoms with Crippen LogP contribution >= 0.6 is 23.2 Å². The normalized spacial score (nSPS) is 22.7. The van der Waals surface area contributed by atoms with Crippen molar-refractivity contribution in [1.29, 1.82) is 5.26 Å². The van der Waals surface area contributed by atoms with E-state index in [1.54, 1.807) is 6.08 Å². The van der Waals surface area contributed by atoms with Crippen LogP contribution in [0.3, 0.4) is 0 Å². The Morgan fingerprint density at radius 3 is 2.54 bits per heavy atom. The molecule has 1 aromatic carbocycles. The molecule has 0 aromatic heterocycles. The molecule has 2 atom stereocenters. The Bertz CT molecular complexity index is 1080. The minimum atomic E-state index is -1.26. The predicted molar refractivity (Wildman–Crippen MR) is 134 cm³/mol. The van der Waals surface area contributed by atoms with Crippen LogP contribution in [-0.2, 0) is 0 Å². The van der Waals surface area contributed by atoms with Gasteiger partial charge in [0.2, 0.25) is 0 Å². The van der Waals surface area contributed by atoms with Gasteiger partial charge < -0.3 is 9.84 Å². The van der Waals surface area contributed by atoms with Crippen molar-refractivity contribution in [3.63, 3.8) is 0 Å². The number of nitriles is 1. The van der Waals surface area contributed by atoms with E-state index in [0.717, 1.165) is 44.3 Å². The highest BCUT2D eigenvalue weighted by Crippen LogP contribution is 2.45. The van der Waals surface area contributed by atoms with Crippen molar-refractivity contribution in [3.8, 4) is 11.8 Å². The van der Waals surface area contributed by atoms with Gasteiger partial charge in [0.05, 0.1) is 23.7 Å². The van der Waals surface area contributed by atoms with E-state index in [1.165, 1.54) is 12.1 Å². The van der Waals surface area contributed by atoms with E-state index in [0.29, 0.717) is 34.8 Å². The van der Waals surface area contributed by atoms with Crippen LogP contribution in [-0.4, -0.2) is 41.7 Å². The summed E-state index contributed by atoms with van der Waals surface area (Å²) in [4.78, 5) is 13.7. The number of aromatic carboxylic acids is 1. The topological polar surface area (TPSA) is 73.6 Å². The van der Waals surface area contributed by atoms with Crippen molar-refractivity contribution in [3.05, 3.63) is 51.3 Å². The lowest BCUT2D eigenvalue weighted by Crippen LogP contribution is -2.52. The summed E-state index contributed by atoms with van der Waals surface area (Å²) in [5.41, 5.74) is -0.0906. The van der Waals surface area contributed by atoms with Crippen LogP contribution in [0.15, 0.2) is 34.3 Å². The van der Waals surface area contributed by atoms with Crippen molar-refractivity contribution < 1.29 is 19.0 Å². The molecule has 1 heterocycles. The maximum atomic E-state index is 14.3. The molecule has 0 radical (unpaired) electrons. The second-order valence-electron chi connectivity index (χ2n) is 10.5. The number of carboxylic acids is 1. The molecule has 8 heteroatoms. The first-order valence-corrected chi connectivity index (χ1v) is 12.9. The monoisotopic (exact) mass is 520 g/mol. The average Bonchev–Trinajstić information content (AvgIpc) is 3.63. The summed E-state index contributed by atoms with van der Waals surface area (Å²) >= 11 is 12.6. The highest BCUT2D eigenvalue weighted by Gasteiger charge is 2.41. The maximum Gasteiger partial charge on any atom is 0.338 e. The fourth-order valence-electron chi connectivity index (χ4n) is 5.46. The summed E-state index contributed by atoms with van der Waals surface area (Å²) in [5, 5.41) is 20.5. The maximum absolute atomic E-state index is 14.3. The van der Waals surface area contributed by atoms with Crippen LogP contribution < -0.4 is 4.74 Å². The van der Waals surface area contributed by atoms with Crippen LogP contribution in [0.25, 0.3) is 0 Å². The molecule has 2 unspecified atom stereocenters. The lowest BCUT2D eigenvalue weighted by molar-refractivity contribution is 0.0440. The molecule has 2 aliphatic carbocycles. The molecule has 5 nitrogen and oxygen atoms in total. The summed E-state index contributed by atoms with van der Waals surface area (Å²) in [6.07, 6.45) is 8.16. The van der Waals surface area contributed by atoms with E-state index in [2.05, 4.69) is 11.0 Å². The Labute approximate surface area is 216 Å². The number of nitrogens with zero attached hydrogens (tertiary/aromatic N) is 2. The number of hydrogen-bond donors (Lipinski definition) is 1. The van der Waals surface area contributed by atoms with Crippen LogP contribution in [0.2, 0.25) is 0 Å². The summed E-state index contributed by atoms with van der Waals surface area (Å²) in [6, 6.07) is 5.13. The molecule has 1 aromatic rings. The second-order valence-corrected chi connectivity index (χ2v) is 11.5. The fourth-order valence-corrected chi connectivity index (χ4v) is 6.10. The highest BCUT2D eigenvalue weighted by molar-refractivity contribution is 6.34. The van der Waals surface area contributed by atoms with E-state index in [1.807, 2.05) is 19.9 Å². The number of likely N-dealkylation sites (tertiary alicyclic amines) is 1. The van der Waals surface area contributed by atoms with Gasteiger partial charge in [0, 0.05) is 28.1 Å². The Hall–Kier alpha value is -2.07. The van der Waals surface area contributed by atoms with E-state index in [9.17, 15) is 19.6 Å². The summed E-state index contributed by atoms with van der Waals surface area (Å²) in [5.74, 6) is -0.969. The first-order valence-electron chi connectivity index (χ1n) is 12.2. The minimum Gasteiger partial charge on any atom is -0.493 e. The number of carboxylic acid groups (broad SMARTS) is 1. The molecule has 0 bridgehead atoms. The number of carbonyl (C=O) groups is 1. The van der Waals surface area contributed by atoms with Gasteiger partial charge in [-0.2, -0.15) is 5.26 Å². The second kappa shape index (κ2) is 10.5. The van der Waals surface area contributed by atoms with Crippen molar-refractivity contribution >= 4 is 29.2 Å². The Balaban J connectivity index is 1.41. The minimum absolute atomic E-state index is 0.0234. The van der Waals surface area contributed by atoms with Crippen LogP contribution in [0.1, 0.15) is 67.8 Å². The molecule has 0 spiro atoms. The number of halogens is 3. The zero-order valence-corrected chi connectivity index (χ0v) is 21.6. The van der Waals surface area contributed by atoms with E-state index >= 15 is 0 Å². The number of piperidine rings is 1. The molecule has 35 heavy (non-hydrogen) atoms. The van der Waals surface area contributed by atoms with Gasteiger partial charge >= 0.3 is 5.97 Å². The van der Waals surface area contributed by atoms with Gasteiger partial charge in [-0.1, -0.05) is 29.3 Å². The Morgan fingerprint density at radius 1 is 1.29 bits per heavy atom. The zero-order valence-electron chi connectivity index (χ0n) is 20.1. The van der Waals surface area contributed by atoms with Crippen molar-refractivity contribution in [2.45, 2.75) is 57.9 Å². The lowest BCUT2D eigenvalue weighted by Gasteiger charge is -2.46. The van der Waals surface area contributed by atoms with Gasteiger partial charge in [0.15, 0.2) is 0 Å². The van der Waals surface area contributed by atoms with Gasteiger partial charge in [-0.25, -0.2) is 9.18 Å². The standard InChI is InChI=1S/C27H31Cl2FN2O3/c1-27(2,15-31)25(18-9-19(28)11-20(29)10-18)32-7-5-16(6-8-32)14-35-24-13-23(30)22(26(33)34)12-21(24)17-3-4-17/h9,11-13,16-18,25H,3-8,10,14H2,1-2H3,(H,33,34). The smallest absolute Gasteiger partial charge is 0.338 e. The van der Waals surface area contributed by atoms with Gasteiger partial charge in [-0.15, -0.1) is 0 Å². The molecule has 1 saturated heterocycles. The number of rotatable bonds is 8. The lowest BCUT2D eigenvalue weighted by atomic mass is 9.74. The Morgan fingerprint density at radius 2 is 1.97 bits per heavy atom. The molecule has 1 N–H and O–H groups in total. The largest absolute Gasteiger partial charge is 0.493 e. The number of benzene rings is 1. The van der Waals surface area contributed by atoms with Gasteiger partial charge in [-0.05, 0) is 88.6 Å². The highest BCUT2D eigenvalue weighted by atomic mass is 35.5. The van der Waals surface area contributed by atoms with E-state index in [4.69, 9.17) is 27.9 Å². The number of hydrogen-bond acceptors (Lipinski definition) is 4. The molecule has 2 fully saturated rings. The van der Waals surface area contributed by atoms with Gasteiger partial charge in [0.1, 0.15) is 11.6 Å². The third kappa shape index (κ3) is 6.02. The molecular weight excluding hydrogens is 490 g/mol. The Kier molecular flexibility index (Phi) is 7.80. The molecule has 1 saturated carbocycles. The zero-order chi connectivity index (χ0) is 25.3. The average molecular weight is 521 g/mol. The van der Waals surface area contributed by atoms with E-state index < -0.39 is 17.2 Å². The summed E-state index contributed by atoms with van der Waals surface area (Å²) < 4.78 is 20.4. The predicted octanol–water partition coefficient (Wildman–Crippen LogP) is 6.68. The molecule has 4 rings (SSSR count). The molecule has 188 valence electrons. The molecule has 0 amide bonds. The van der Waals surface area contributed by atoms with Crippen molar-refractivity contribution in [2.24, 2.45) is 17.3 Å². The van der Waals surface area contributed by atoms with Crippen molar-refractivity contribution in [2.75, 3.05) is 19.7 Å². The van der Waals surface area contributed by atoms with Crippen molar-refractivity contribution in [1.82, 2.24) is 4.90 Å². The number of ether oxygens (including phenoxy) is 1. The summed E-state index contributed by atoms with van der Waals surface area (Å²) in [7, 11) is 0. The van der Waals surface area contributed by atoms with Crippen LogP contribution in [0.4, 0.5) is 4.39 Å². The first-order chi connectivity index (χ1) is 16.6. The molecular formula is C27H31Cl2FN2O3. The third-order valence-corrected chi connectivity index (χ3v) is 7.89. The van der Waals surface area contributed by atoms with Gasteiger partial charge in [0.25, 0.3) is 0 Å². The SMILES string of the molecule is CC(C)(C#N)C(C1C=C(Cl)C=C(Cl)C1)N1CCC(COc2cc(F)c(C(=O)O)cc2C2CC2)CC1. The summed E-state index contributed by atoms with van der Waals surface area (Å²) in [6.45, 7) is 6.02. The molecule has 3 aliphatic rings. The third-order valence-electron chi connectivity index (χ3n) is 7.40.